The summed E-state index contributed by atoms with van der Waals surface area (Å²) in [7, 11) is 2.96. The van der Waals surface area contributed by atoms with Gasteiger partial charge < -0.3 is 44.1 Å². The number of hydrogen-bond acceptors (Lipinski definition) is 9. The molecular formula is C14H26O9. The second kappa shape index (κ2) is 8.65. The van der Waals surface area contributed by atoms with E-state index in [1.54, 1.807) is 0 Å². The molecule has 4 unspecified atom stereocenters. The smallest absolute Gasteiger partial charge is 0.186 e. The first kappa shape index (κ1) is 19.0. The molecule has 2 aliphatic heterocycles. The van der Waals surface area contributed by atoms with Gasteiger partial charge in [-0.25, -0.2) is 0 Å². The van der Waals surface area contributed by atoms with Crippen LogP contribution in [0.4, 0.5) is 0 Å². The van der Waals surface area contributed by atoms with Gasteiger partial charge in [-0.15, -0.1) is 0 Å². The van der Waals surface area contributed by atoms with Crippen LogP contribution in [0.3, 0.4) is 0 Å². The van der Waals surface area contributed by atoms with Crippen LogP contribution in [0.1, 0.15) is 0 Å². The Morgan fingerprint density at radius 1 is 0.826 bits per heavy atom. The third kappa shape index (κ3) is 4.38. The van der Waals surface area contributed by atoms with E-state index in [-0.39, 0.29) is 32.3 Å². The van der Waals surface area contributed by atoms with E-state index in [1.807, 2.05) is 0 Å². The Labute approximate surface area is 134 Å². The molecule has 0 bridgehead atoms. The number of ether oxygens (including phenoxy) is 5. The van der Waals surface area contributed by atoms with E-state index in [0.29, 0.717) is 0 Å². The summed E-state index contributed by atoms with van der Waals surface area (Å²) in [5, 5.41) is 40.3. The molecule has 0 aromatic heterocycles. The molecule has 2 fully saturated rings. The van der Waals surface area contributed by atoms with E-state index in [4.69, 9.17) is 23.7 Å². The summed E-state index contributed by atoms with van der Waals surface area (Å²) >= 11 is 0. The summed E-state index contributed by atoms with van der Waals surface area (Å²) in [5.41, 5.74) is 0. The fraction of sp³-hybridized carbons (Fsp3) is 1.00. The third-order valence-corrected chi connectivity index (χ3v) is 4.19. The standard InChI is InChI=1S/C14H26O9/c1-19-3-7-4-22-14(13(18)10(7)15)23-9-6-21-8(5-20-2)11(16)12(9)17/h7-18H,3-6H2,1-2H3/t7-,8?,9-,10?,11-,12?,13+,14?/m1/s1. The molecule has 2 rings (SSSR count). The highest BCUT2D eigenvalue weighted by atomic mass is 16.7. The van der Waals surface area contributed by atoms with Gasteiger partial charge in [-0.2, -0.15) is 0 Å². The van der Waals surface area contributed by atoms with Crippen molar-refractivity contribution in [2.75, 3.05) is 40.6 Å². The minimum Gasteiger partial charge on any atom is -0.390 e. The van der Waals surface area contributed by atoms with Gasteiger partial charge in [-0.1, -0.05) is 0 Å². The predicted molar refractivity (Wildman–Crippen MR) is 75.6 cm³/mol. The quantitative estimate of drug-likeness (QED) is 0.415. The third-order valence-electron chi connectivity index (χ3n) is 4.19. The Kier molecular flexibility index (Phi) is 7.14. The van der Waals surface area contributed by atoms with Crippen molar-refractivity contribution in [3.63, 3.8) is 0 Å². The highest BCUT2D eigenvalue weighted by Crippen LogP contribution is 2.26. The lowest BCUT2D eigenvalue weighted by Gasteiger charge is -2.42. The molecule has 0 aromatic rings. The maximum Gasteiger partial charge on any atom is 0.186 e. The van der Waals surface area contributed by atoms with Gasteiger partial charge in [-0.3, -0.25) is 0 Å². The molecular weight excluding hydrogens is 312 g/mol. The zero-order valence-electron chi connectivity index (χ0n) is 13.3. The van der Waals surface area contributed by atoms with Crippen LogP contribution in [-0.2, 0) is 23.7 Å². The molecule has 0 spiro atoms. The lowest BCUT2D eigenvalue weighted by molar-refractivity contribution is -0.307. The first-order valence-electron chi connectivity index (χ1n) is 7.58. The molecule has 23 heavy (non-hydrogen) atoms. The van der Waals surface area contributed by atoms with Crippen molar-refractivity contribution in [2.45, 2.75) is 42.9 Å². The average molecular weight is 338 g/mol. The van der Waals surface area contributed by atoms with Crippen molar-refractivity contribution in [1.82, 2.24) is 0 Å². The molecule has 0 radical (unpaired) electrons. The Balaban J connectivity index is 1.90. The molecule has 9 nitrogen and oxygen atoms in total. The Bertz CT molecular complexity index is 323. The zero-order chi connectivity index (χ0) is 17.0. The summed E-state index contributed by atoms with van der Waals surface area (Å²) < 4.78 is 26.2. The Morgan fingerprint density at radius 2 is 1.52 bits per heavy atom. The molecule has 9 heteroatoms. The first-order valence-corrected chi connectivity index (χ1v) is 7.58. The van der Waals surface area contributed by atoms with Crippen molar-refractivity contribution in [1.29, 1.82) is 0 Å². The van der Waals surface area contributed by atoms with Crippen LogP contribution in [0.25, 0.3) is 0 Å². The molecule has 0 aliphatic carbocycles. The van der Waals surface area contributed by atoms with Crippen LogP contribution >= 0.6 is 0 Å². The molecule has 4 N–H and O–H groups in total. The van der Waals surface area contributed by atoms with E-state index in [0.717, 1.165) is 0 Å². The second-order valence-corrected chi connectivity index (χ2v) is 5.88. The van der Waals surface area contributed by atoms with Gasteiger partial charge in [0.2, 0.25) is 0 Å². The maximum atomic E-state index is 10.1. The summed E-state index contributed by atoms with van der Waals surface area (Å²) in [6, 6.07) is 0. The van der Waals surface area contributed by atoms with E-state index in [9.17, 15) is 20.4 Å². The fourth-order valence-electron chi connectivity index (χ4n) is 2.79. The van der Waals surface area contributed by atoms with Gasteiger partial charge in [0.15, 0.2) is 6.29 Å². The first-order chi connectivity index (χ1) is 11.0. The van der Waals surface area contributed by atoms with Crippen LogP contribution in [-0.4, -0.2) is 104 Å². The van der Waals surface area contributed by atoms with Crippen molar-refractivity contribution in [3.05, 3.63) is 0 Å². The van der Waals surface area contributed by atoms with Crippen LogP contribution < -0.4 is 0 Å². The molecule has 2 heterocycles. The minimum atomic E-state index is -1.29. The lowest BCUT2D eigenvalue weighted by Crippen LogP contribution is -2.59. The van der Waals surface area contributed by atoms with Crippen molar-refractivity contribution in [3.8, 4) is 0 Å². The van der Waals surface area contributed by atoms with Crippen molar-refractivity contribution < 1.29 is 44.1 Å². The highest BCUT2D eigenvalue weighted by Gasteiger charge is 2.44. The van der Waals surface area contributed by atoms with E-state index < -0.39 is 42.9 Å². The Hall–Kier alpha value is -0.360. The normalized spacial score (nSPS) is 45.1. The summed E-state index contributed by atoms with van der Waals surface area (Å²) in [4.78, 5) is 0. The molecule has 136 valence electrons. The molecule has 8 atom stereocenters. The fourth-order valence-corrected chi connectivity index (χ4v) is 2.79. The molecule has 0 saturated carbocycles. The van der Waals surface area contributed by atoms with Gasteiger partial charge >= 0.3 is 0 Å². The van der Waals surface area contributed by atoms with Crippen molar-refractivity contribution in [2.24, 2.45) is 5.92 Å². The van der Waals surface area contributed by atoms with Gasteiger partial charge in [-0.05, 0) is 0 Å². The van der Waals surface area contributed by atoms with Gasteiger partial charge in [0.1, 0.15) is 30.5 Å². The number of rotatable bonds is 6. The van der Waals surface area contributed by atoms with Gasteiger partial charge in [0, 0.05) is 20.1 Å². The number of methoxy groups -OCH3 is 2. The predicted octanol–water partition coefficient (Wildman–Crippen LogP) is -2.52. The largest absolute Gasteiger partial charge is 0.390 e. The van der Waals surface area contributed by atoms with E-state index in [1.165, 1.54) is 14.2 Å². The maximum absolute atomic E-state index is 10.1. The lowest BCUT2D eigenvalue weighted by atomic mass is 9.96. The van der Waals surface area contributed by atoms with E-state index >= 15 is 0 Å². The van der Waals surface area contributed by atoms with Crippen LogP contribution in [0.15, 0.2) is 0 Å². The zero-order valence-corrected chi connectivity index (χ0v) is 13.3. The van der Waals surface area contributed by atoms with Crippen LogP contribution in [0.2, 0.25) is 0 Å². The molecule has 2 saturated heterocycles. The second-order valence-electron chi connectivity index (χ2n) is 5.88. The SMILES string of the molecule is COCC1OC[C@@H](OC2OC[C@@H](COC)C(O)[C@@H]2O)C(O)[C@@H]1O. The average Bonchev–Trinajstić information content (AvgIpc) is 2.54. The number of aliphatic hydroxyl groups is 4. The van der Waals surface area contributed by atoms with Crippen LogP contribution in [0.5, 0.6) is 0 Å². The summed E-state index contributed by atoms with van der Waals surface area (Å²) in [5.74, 6) is -0.362. The summed E-state index contributed by atoms with van der Waals surface area (Å²) in [6.45, 7) is 0.550. The summed E-state index contributed by atoms with van der Waals surface area (Å²) in [6.07, 6.45) is -7.40. The molecule has 2 aliphatic rings. The van der Waals surface area contributed by atoms with Gasteiger partial charge in [0.05, 0.1) is 32.5 Å². The van der Waals surface area contributed by atoms with E-state index in [2.05, 4.69) is 0 Å². The van der Waals surface area contributed by atoms with Crippen LogP contribution in [0, 0.1) is 5.92 Å². The number of hydrogen-bond donors (Lipinski definition) is 4. The topological polar surface area (TPSA) is 127 Å². The minimum absolute atomic E-state index is 0.0103. The highest BCUT2D eigenvalue weighted by molar-refractivity contribution is 4.89. The molecule has 0 amide bonds. The monoisotopic (exact) mass is 338 g/mol. The van der Waals surface area contributed by atoms with Gasteiger partial charge in [0.25, 0.3) is 0 Å². The Morgan fingerprint density at radius 3 is 2.17 bits per heavy atom. The molecule has 0 aromatic carbocycles. The number of aliphatic hydroxyl groups excluding tert-OH is 4. The van der Waals surface area contributed by atoms with Crippen molar-refractivity contribution >= 4 is 0 Å².